The van der Waals surface area contributed by atoms with Crippen LogP contribution in [0.3, 0.4) is 0 Å². The van der Waals surface area contributed by atoms with Crippen LogP contribution < -0.4 is 0 Å². The molecule has 1 aliphatic rings. The van der Waals surface area contributed by atoms with Gasteiger partial charge in [-0.2, -0.15) is 5.26 Å². The maximum atomic E-state index is 10.9. The molecule has 3 rings (SSSR count). The highest BCUT2D eigenvalue weighted by Crippen LogP contribution is 2.45. The summed E-state index contributed by atoms with van der Waals surface area (Å²) in [6, 6.07) is 17.5. The number of benzene rings is 2. The summed E-state index contributed by atoms with van der Waals surface area (Å²) in [5.74, 6) is 0. The lowest BCUT2D eigenvalue weighted by Gasteiger charge is -2.37. The van der Waals surface area contributed by atoms with Crippen LogP contribution in [0, 0.1) is 11.3 Å². The SMILES string of the molecule is N#CC1(C(O)c2cccc(Cl)c2)CCCc2ccccc21. The topological polar surface area (TPSA) is 44.0 Å². The predicted molar refractivity (Wildman–Crippen MR) is 83.1 cm³/mol. The van der Waals surface area contributed by atoms with Crippen LogP contribution in [0.25, 0.3) is 0 Å². The number of hydrogen-bond acceptors (Lipinski definition) is 2. The Labute approximate surface area is 129 Å². The van der Waals surface area contributed by atoms with E-state index in [2.05, 4.69) is 6.07 Å². The van der Waals surface area contributed by atoms with Gasteiger partial charge in [0.05, 0.1) is 6.07 Å². The number of fused-ring (bicyclic) bond motifs is 1. The van der Waals surface area contributed by atoms with Gasteiger partial charge in [0.1, 0.15) is 11.5 Å². The van der Waals surface area contributed by atoms with Gasteiger partial charge in [-0.3, -0.25) is 0 Å². The Kier molecular flexibility index (Phi) is 3.71. The molecule has 1 aliphatic carbocycles. The molecule has 2 aromatic carbocycles. The van der Waals surface area contributed by atoms with Gasteiger partial charge in [0.15, 0.2) is 0 Å². The van der Waals surface area contributed by atoms with Gasteiger partial charge >= 0.3 is 0 Å². The van der Waals surface area contributed by atoms with Gasteiger partial charge in [0.2, 0.25) is 0 Å². The van der Waals surface area contributed by atoms with Crippen LogP contribution in [-0.4, -0.2) is 5.11 Å². The number of nitrogens with zero attached hydrogens (tertiary/aromatic N) is 1. The number of rotatable bonds is 2. The number of aliphatic hydroxyl groups is 1. The third kappa shape index (κ3) is 2.33. The van der Waals surface area contributed by atoms with E-state index in [9.17, 15) is 10.4 Å². The Balaban J connectivity index is 2.12. The zero-order chi connectivity index (χ0) is 14.9. The van der Waals surface area contributed by atoms with E-state index in [1.54, 1.807) is 18.2 Å². The molecule has 2 atom stereocenters. The van der Waals surface area contributed by atoms with E-state index < -0.39 is 11.5 Å². The summed E-state index contributed by atoms with van der Waals surface area (Å²) in [4.78, 5) is 0. The zero-order valence-electron chi connectivity index (χ0n) is 11.6. The van der Waals surface area contributed by atoms with Gasteiger partial charge in [-0.05, 0) is 48.1 Å². The molecule has 0 spiro atoms. The van der Waals surface area contributed by atoms with Crippen LogP contribution >= 0.6 is 11.6 Å². The molecule has 0 radical (unpaired) electrons. The van der Waals surface area contributed by atoms with Crippen molar-refractivity contribution in [2.24, 2.45) is 0 Å². The fraction of sp³-hybridized carbons (Fsp3) is 0.278. The first-order chi connectivity index (χ1) is 10.2. The smallest absolute Gasteiger partial charge is 0.112 e. The van der Waals surface area contributed by atoms with Crippen molar-refractivity contribution in [3.63, 3.8) is 0 Å². The van der Waals surface area contributed by atoms with Crippen molar-refractivity contribution in [3.8, 4) is 6.07 Å². The highest BCUT2D eigenvalue weighted by Gasteiger charge is 2.43. The summed E-state index contributed by atoms with van der Waals surface area (Å²) in [5.41, 5.74) is 1.91. The van der Waals surface area contributed by atoms with E-state index >= 15 is 0 Å². The molecule has 0 saturated carbocycles. The van der Waals surface area contributed by atoms with E-state index in [4.69, 9.17) is 11.6 Å². The summed E-state index contributed by atoms with van der Waals surface area (Å²) in [6.45, 7) is 0. The molecule has 2 nitrogen and oxygen atoms in total. The number of halogens is 1. The lowest BCUT2D eigenvalue weighted by Crippen LogP contribution is -2.36. The molecule has 0 bridgehead atoms. The standard InChI is InChI=1S/C18H16ClNO/c19-15-8-3-6-14(11-15)17(21)18(12-20)10-4-7-13-5-1-2-9-16(13)18/h1-3,5-6,8-9,11,17,21H,4,7,10H2. The summed E-state index contributed by atoms with van der Waals surface area (Å²) >= 11 is 6.02. The molecule has 0 amide bonds. The van der Waals surface area contributed by atoms with Crippen molar-refractivity contribution in [2.45, 2.75) is 30.8 Å². The molecular formula is C18H16ClNO. The van der Waals surface area contributed by atoms with Crippen molar-refractivity contribution in [2.75, 3.05) is 0 Å². The molecule has 0 saturated heterocycles. The molecule has 2 aromatic rings. The molecule has 21 heavy (non-hydrogen) atoms. The van der Waals surface area contributed by atoms with Gasteiger partial charge in [0.25, 0.3) is 0 Å². The van der Waals surface area contributed by atoms with E-state index in [1.165, 1.54) is 0 Å². The minimum Gasteiger partial charge on any atom is -0.386 e. The van der Waals surface area contributed by atoms with Gasteiger partial charge in [-0.25, -0.2) is 0 Å². The van der Waals surface area contributed by atoms with Crippen LogP contribution in [0.1, 0.15) is 35.6 Å². The lowest BCUT2D eigenvalue weighted by atomic mass is 9.66. The summed E-state index contributed by atoms with van der Waals surface area (Å²) in [6.07, 6.45) is 1.65. The quantitative estimate of drug-likeness (QED) is 0.904. The Morgan fingerprint density at radius 2 is 2.00 bits per heavy atom. The molecule has 3 heteroatoms. The molecule has 0 aliphatic heterocycles. The number of nitriles is 1. The van der Waals surface area contributed by atoms with Gasteiger partial charge < -0.3 is 5.11 Å². The van der Waals surface area contributed by atoms with Crippen molar-refractivity contribution >= 4 is 11.6 Å². The Morgan fingerprint density at radius 3 is 2.76 bits per heavy atom. The average Bonchev–Trinajstić information content (AvgIpc) is 2.53. The predicted octanol–water partition coefficient (Wildman–Crippen LogP) is 4.17. The second-order valence-corrected chi connectivity index (χ2v) is 5.99. The van der Waals surface area contributed by atoms with Crippen LogP contribution in [0.15, 0.2) is 48.5 Å². The van der Waals surface area contributed by atoms with Crippen molar-refractivity contribution in [3.05, 3.63) is 70.2 Å². The fourth-order valence-electron chi connectivity index (χ4n) is 3.29. The zero-order valence-corrected chi connectivity index (χ0v) is 12.3. The second kappa shape index (κ2) is 5.52. The largest absolute Gasteiger partial charge is 0.386 e. The normalized spacial score (nSPS) is 22.1. The monoisotopic (exact) mass is 297 g/mol. The lowest BCUT2D eigenvalue weighted by molar-refractivity contribution is 0.0996. The van der Waals surface area contributed by atoms with Crippen molar-refractivity contribution in [1.82, 2.24) is 0 Å². The fourth-order valence-corrected chi connectivity index (χ4v) is 3.49. The summed E-state index contributed by atoms with van der Waals surface area (Å²) in [7, 11) is 0. The molecule has 0 heterocycles. The van der Waals surface area contributed by atoms with E-state index in [1.807, 2.05) is 30.3 Å². The van der Waals surface area contributed by atoms with Crippen LogP contribution in [-0.2, 0) is 11.8 Å². The highest BCUT2D eigenvalue weighted by molar-refractivity contribution is 6.30. The van der Waals surface area contributed by atoms with Crippen LogP contribution in [0.5, 0.6) is 0 Å². The molecule has 2 unspecified atom stereocenters. The number of hydrogen-bond donors (Lipinski definition) is 1. The van der Waals surface area contributed by atoms with Gasteiger partial charge in [0, 0.05) is 5.02 Å². The van der Waals surface area contributed by atoms with E-state index in [0.29, 0.717) is 17.0 Å². The van der Waals surface area contributed by atoms with E-state index in [0.717, 1.165) is 24.0 Å². The molecular weight excluding hydrogens is 282 g/mol. The van der Waals surface area contributed by atoms with Crippen molar-refractivity contribution < 1.29 is 5.11 Å². The first-order valence-electron chi connectivity index (χ1n) is 7.10. The van der Waals surface area contributed by atoms with Gasteiger partial charge in [-0.15, -0.1) is 0 Å². The molecule has 0 fully saturated rings. The molecule has 106 valence electrons. The Morgan fingerprint density at radius 1 is 1.19 bits per heavy atom. The summed E-state index contributed by atoms with van der Waals surface area (Å²) in [5, 5.41) is 21.3. The highest BCUT2D eigenvalue weighted by atomic mass is 35.5. The van der Waals surface area contributed by atoms with Crippen molar-refractivity contribution in [1.29, 1.82) is 5.26 Å². The third-order valence-corrected chi connectivity index (χ3v) is 4.58. The second-order valence-electron chi connectivity index (χ2n) is 5.55. The van der Waals surface area contributed by atoms with Crippen LogP contribution in [0.4, 0.5) is 0 Å². The maximum absolute atomic E-state index is 10.9. The first kappa shape index (κ1) is 14.1. The number of aliphatic hydroxyl groups excluding tert-OH is 1. The first-order valence-corrected chi connectivity index (χ1v) is 7.48. The number of aryl methyl sites for hydroxylation is 1. The van der Waals surface area contributed by atoms with Gasteiger partial charge in [-0.1, -0.05) is 48.0 Å². The van der Waals surface area contributed by atoms with Crippen LogP contribution in [0.2, 0.25) is 5.02 Å². The third-order valence-electron chi connectivity index (χ3n) is 4.35. The maximum Gasteiger partial charge on any atom is 0.112 e. The average molecular weight is 298 g/mol. The van der Waals surface area contributed by atoms with E-state index in [-0.39, 0.29) is 0 Å². The minimum atomic E-state index is -0.889. The minimum absolute atomic E-state index is 0.573. The Bertz CT molecular complexity index is 706. The summed E-state index contributed by atoms with van der Waals surface area (Å²) < 4.78 is 0. The molecule has 0 aromatic heterocycles. The molecule has 1 N–H and O–H groups in total. The Hall–Kier alpha value is -1.82.